The van der Waals surface area contributed by atoms with Gasteiger partial charge in [0.25, 0.3) is 0 Å². The number of hydrogen-bond donors (Lipinski definition) is 2. The van der Waals surface area contributed by atoms with Gasteiger partial charge >= 0.3 is 0 Å². The number of unbranched alkanes of at least 4 members (excludes halogenated alkanes) is 1. The van der Waals surface area contributed by atoms with Crippen LogP contribution in [0.2, 0.25) is 0 Å². The van der Waals surface area contributed by atoms with Crippen molar-refractivity contribution in [2.24, 2.45) is 5.73 Å². The Kier molecular flexibility index (Phi) is 7.04. The Morgan fingerprint density at radius 3 is 2.92 bits per heavy atom. The maximum Gasteiger partial charge on any atom is 0.220 e. The smallest absolute Gasteiger partial charge is 0.220 e. The van der Waals surface area contributed by atoms with Crippen molar-refractivity contribution in [2.75, 3.05) is 6.54 Å². The third-order valence-corrected chi connectivity index (χ3v) is 1.65. The Labute approximate surface area is 80.1 Å². The zero-order valence-corrected chi connectivity index (χ0v) is 8.18. The molecule has 3 N–H and O–H groups in total. The summed E-state index contributed by atoms with van der Waals surface area (Å²) < 4.78 is 0. The third kappa shape index (κ3) is 8.90. The first-order valence-corrected chi connectivity index (χ1v) is 4.62. The lowest BCUT2D eigenvalue weighted by Gasteiger charge is -2.05. The van der Waals surface area contributed by atoms with Gasteiger partial charge in [-0.1, -0.05) is 0 Å². The van der Waals surface area contributed by atoms with Crippen LogP contribution in [-0.2, 0) is 4.79 Å². The molecule has 0 bridgehead atoms. The standard InChI is InChI=1S/C10H18N2O/c1-3-4-5-8-12-10(13)7-6-9(2)11/h1,9H,4-8,11H2,2H3,(H,12,13). The number of rotatable bonds is 6. The van der Waals surface area contributed by atoms with Crippen LogP contribution < -0.4 is 11.1 Å². The van der Waals surface area contributed by atoms with Gasteiger partial charge in [0, 0.05) is 25.4 Å². The normalized spacial score (nSPS) is 11.8. The van der Waals surface area contributed by atoms with E-state index in [9.17, 15) is 4.79 Å². The molecule has 0 saturated carbocycles. The number of terminal acetylenes is 1. The average molecular weight is 182 g/mol. The van der Waals surface area contributed by atoms with Gasteiger partial charge in [-0.2, -0.15) is 0 Å². The topological polar surface area (TPSA) is 55.1 Å². The quantitative estimate of drug-likeness (QED) is 0.468. The SMILES string of the molecule is C#CCCCNC(=O)CCC(C)N. The minimum atomic E-state index is 0.0642. The van der Waals surface area contributed by atoms with Crippen LogP contribution in [0, 0.1) is 12.3 Å². The Morgan fingerprint density at radius 2 is 2.38 bits per heavy atom. The van der Waals surface area contributed by atoms with E-state index in [-0.39, 0.29) is 11.9 Å². The van der Waals surface area contributed by atoms with Crippen molar-refractivity contribution in [3.05, 3.63) is 0 Å². The molecule has 3 heteroatoms. The highest BCUT2D eigenvalue weighted by Crippen LogP contribution is 1.93. The molecule has 3 nitrogen and oxygen atoms in total. The fraction of sp³-hybridized carbons (Fsp3) is 0.700. The highest BCUT2D eigenvalue weighted by molar-refractivity contribution is 5.75. The van der Waals surface area contributed by atoms with Crippen LogP contribution >= 0.6 is 0 Å². The Balaban J connectivity index is 3.26. The van der Waals surface area contributed by atoms with E-state index in [1.807, 2.05) is 6.92 Å². The summed E-state index contributed by atoms with van der Waals surface area (Å²) in [5.41, 5.74) is 5.51. The van der Waals surface area contributed by atoms with E-state index < -0.39 is 0 Å². The molecule has 0 fully saturated rings. The number of nitrogens with one attached hydrogen (secondary N) is 1. The average Bonchev–Trinajstić information content (AvgIpc) is 2.09. The van der Waals surface area contributed by atoms with E-state index in [0.29, 0.717) is 19.4 Å². The van der Waals surface area contributed by atoms with Crippen molar-refractivity contribution in [3.63, 3.8) is 0 Å². The second-order valence-corrected chi connectivity index (χ2v) is 3.17. The van der Waals surface area contributed by atoms with Gasteiger partial charge in [0.1, 0.15) is 0 Å². The summed E-state index contributed by atoms with van der Waals surface area (Å²) in [6.07, 6.45) is 7.87. The second-order valence-electron chi connectivity index (χ2n) is 3.17. The zero-order chi connectivity index (χ0) is 10.1. The molecule has 0 aliphatic carbocycles. The molecule has 1 atom stereocenters. The monoisotopic (exact) mass is 182 g/mol. The largest absolute Gasteiger partial charge is 0.356 e. The molecule has 0 aromatic rings. The van der Waals surface area contributed by atoms with E-state index in [1.54, 1.807) is 0 Å². The maximum absolute atomic E-state index is 11.1. The number of hydrogen-bond acceptors (Lipinski definition) is 2. The van der Waals surface area contributed by atoms with E-state index in [4.69, 9.17) is 12.2 Å². The molecule has 0 heterocycles. The van der Waals surface area contributed by atoms with Crippen molar-refractivity contribution < 1.29 is 4.79 Å². The molecule has 1 unspecified atom stereocenters. The van der Waals surface area contributed by atoms with Gasteiger partial charge in [0.05, 0.1) is 0 Å². The molecule has 1 amide bonds. The maximum atomic E-state index is 11.1. The molecule has 0 spiro atoms. The Bertz CT molecular complexity index is 182. The number of nitrogens with two attached hydrogens (primary N) is 1. The molecule has 0 aliphatic heterocycles. The number of amides is 1. The lowest BCUT2D eigenvalue weighted by molar-refractivity contribution is -0.121. The lowest BCUT2D eigenvalue weighted by atomic mass is 10.2. The fourth-order valence-electron chi connectivity index (χ4n) is 0.865. The van der Waals surface area contributed by atoms with Crippen LogP contribution in [-0.4, -0.2) is 18.5 Å². The van der Waals surface area contributed by atoms with Gasteiger partial charge in [-0.25, -0.2) is 0 Å². The van der Waals surface area contributed by atoms with E-state index in [1.165, 1.54) is 0 Å². The molecule has 0 saturated heterocycles. The second kappa shape index (κ2) is 7.63. The summed E-state index contributed by atoms with van der Waals surface area (Å²) in [5, 5.41) is 2.78. The molecule has 0 aromatic heterocycles. The van der Waals surface area contributed by atoms with E-state index >= 15 is 0 Å². The van der Waals surface area contributed by atoms with Gasteiger partial charge < -0.3 is 11.1 Å². The van der Waals surface area contributed by atoms with Gasteiger partial charge in [-0.15, -0.1) is 12.3 Å². The first kappa shape index (κ1) is 12.0. The molecule has 0 aliphatic rings. The zero-order valence-electron chi connectivity index (χ0n) is 8.18. The van der Waals surface area contributed by atoms with Crippen molar-refractivity contribution >= 4 is 5.91 Å². The van der Waals surface area contributed by atoms with Crippen LogP contribution in [0.1, 0.15) is 32.6 Å². The molecular formula is C10H18N2O. The van der Waals surface area contributed by atoms with Gasteiger partial charge in [-0.05, 0) is 19.8 Å². The summed E-state index contributed by atoms with van der Waals surface area (Å²) in [7, 11) is 0. The highest BCUT2D eigenvalue weighted by atomic mass is 16.1. The molecule has 74 valence electrons. The predicted molar refractivity (Wildman–Crippen MR) is 54.0 cm³/mol. The van der Waals surface area contributed by atoms with E-state index in [0.717, 1.165) is 12.8 Å². The molecule has 0 radical (unpaired) electrons. The van der Waals surface area contributed by atoms with Crippen molar-refractivity contribution in [3.8, 4) is 12.3 Å². The first-order valence-electron chi connectivity index (χ1n) is 4.62. The van der Waals surface area contributed by atoms with E-state index in [2.05, 4.69) is 11.2 Å². The molecule has 0 aromatic carbocycles. The molecule has 13 heavy (non-hydrogen) atoms. The van der Waals surface area contributed by atoms with Crippen molar-refractivity contribution in [2.45, 2.75) is 38.6 Å². The minimum absolute atomic E-state index is 0.0642. The summed E-state index contributed by atoms with van der Waals surface area (Å²) in [6, 6.07) is 0.0939. The van der Waals surface area contributed by atoms with Crippen molar-refractivity contribution in [1.29, 1.82) is 0 Å². The minimum Gasteiger partial charge on any atom is -0.356 e. The predicted octanol–water partition coefficient (Wildman–Crippen LogP) is 0.643. The van der Waals surface area contributed by atoms with Gasteiger partial charge in [0.2, 0.25) is 5.91 Å². The van der Waals surface area contributed by atoms with Gasteiger partial charge in [0.15, 0.2) is 0 Å². The number of carbonyl (C=O) groups excluding carboxylic acids is 1. The van der Waals surface area contributed by atoms with Crippen LogP contribution in [0.3, 0.4) is 0 Å². The van der Waals surface area contributed by atoms with Gasteiger partial charge in [-0.3, -0.25) is 4.79 Å². The fourth-order valence-corrected chi connectivity index (χ4v) is 0.865. The summed E-state index contributed by atoms with van der Waals surface area (Å²) in [4.78, 5) is 11.1. The van der Waals surface area contributed by atoms with Crippen LogP contribution in [0.5, 0.6) is 0 Å². The van der Waals surface area contributed by atoms with Crippen molar-refractivity contribution in [1.82, 2.24) is 5.32 Å². The Morgan fingerprint density at radius 1 is 1.69 bits per heavy atom. The third-order valence-electron chi connectivity index (χ3n) is 1.65. The Hall–Kier alpha value is -1.01. The summed E-state index contributed by atoms with van der Waals surface area (Å²) in [5.74, 6) is 2.58. The number of carbonyl (C=O) groups is 1. The van der Waals surface area contributed by atoms with Crippen LogP contribution in [0.4, 0.5) is 0 Å². The molecular weight excluding hydrogens is 164 g/mol. The summed E-state index contributed by atoms with van der Waals surface area (Å²) in [6.45, 7) is 2.56. The first-order chi connectivity index (χ1) is 6.16. The highest BCUT2D eigenvalue weighted by Gasteiger charge is 2.01. The van der Waals surface area contributed by atoms with Crippen LogP contribution in [0.25, 0.3) is 0 Å². The summed E-state index contributed by atoms with van der Waals surface area (Å²) >= 11 is 0. The molecule has 0 rings (SSSR count). The lowest BCUT2D eigenvalue weighted by Crippen LogP contribution is -2.26. The van der Waals surface area contributed by atoms with Crippen LogP contribution in [0.15, 0.2) is 0 Å².